The number of allylic oxidation sites excluding steroid dienone is 1. The number of aliphatic hydroxyl groups is 4. The van der Waals surface area contributed by atoms with Crippen LogP contribution in [-0.2, 0) is 28.5 Å². The molecule has 1 saturated heterocycles. The molecular weight excluding hydrogens is 676 g/mol. The van der Waals surface area contributed by atoms with E-state index in [9.17, 15) is 30.0 Å². The molecule has 1 aliphatic rings. The van der Waals surface area contributed by atoms with Crippen molar-refractivity contribution in [2.45, 2.75) is 224 Å². The van der Waals surface area contributed by atoms with Gasteiger partial charge in [-0.25, -0.2) is 0 Å². The van der Waals surface area contributed by atoms with Gasteiger partial charge >= 0.3 is 11.9 Å². The number of ether oxygens (including phenoxy) is 4. The zero-order valence-electron chi connectivity index (χ0n) is 33.6. The number of rotatable bonds is 35. The van der Waals surface area contributed by atoms with Gasteiger partial charge in [-0.1, -0.05) is 136 Å². The Hall–Kier alpha value is -1.78. The van der Waals surface area contributed by atoms with Gasteiger partial charge in [0.05, 0.1) is 13.2 Å². The van der Waals surface area contributed by atoms with E-state index in [2.05, 4.69) is 31.7 Å². The average molecular weight is 755 g/mol. The van der Waals surface area contributed by atoms with E-state index in [-0.39, 0.29) is 32.0 Å². The lowest BCUT2D eigenvalue weighted by atomic mass is 9.99. The summed E-state index contributed by atoms with van der Waals surface area (Å²) in [5.74, 6) is -0.822. The molecule has 6 atom stereocenters. The van der Waals surface area contributed by atoms with Crippen LogP contribution in [-0.4, -0.2) is 89.0 Å². The van der Waals surface area contributed by atoms with Crippen molar-refractivity contribution in [3.8, 4) is 0 Å². The van der Waals surface area contributed by atoms with E-state index in [0.717, 1.165) is 57.8 Å². The molecule has 1 aliphatic heterocycles. The minimum atomic E-state index is -1.59. The molecule has 0 spiro atoms. The van der Waals surface area contributed by atoms with Crippen LogP contribution in [0.25, 0.3) is 0 Å². The molecule has 0 aromatic rings. The summed E-state index contributed by atoms with van der Waals surface area (Å²) in [5, 5.41) is 40.0. The third kappa shape index (κ3) is 26.6. The molecule has 0 aromatic carbocycles. The lowest BCUT2D eigenvalue weighted by Crippen LogP contribution is -2.59. The molecule has 0 aromatic heterocycles. The van der Waals surface area contributed by atoms with Crippen LogP contribution in [0.15, 0.2) is 17.9 Å². The second-order valence-corrected chi connectivity index (χ2v) is 14.9. The molecule has 0 saturated carbocycles. The fraction of sp³-hybridized carbons (Fsp3) is 0.884. The van der Waals surface area contributed by atoms with Crippen LogP contribution in [0.3, 0.4) is 0 Å². The first kappa shape index (κ1) is 49.2. The van der Waals surface area contributed by atoms with E-state index < -0.39 is 49.4 Å². The van der Waals surface area contributed by atoms with E-state index in [4.69, 9.17) is 18.9 Å². The number of hydrogen-bond donors (Lipinski definition) is 4. The summed E-state index contributed by atoms with van der Waals surface area (Å²) in [4.78, 5) is 25.2. The maximum Gasteiger partial charge on any atom is 0.306 e. The lowest BCUT2D eigenvalue weighted by molar-refractivity contribution is -0.305. The van der Waals surface area contributed by atoms with Crippen molar-refractivity contribution in [1.82, 2.24) is 0 Å². The SMILES string of the molecule is CCCCCCCC=C=CCCCCCCCC(=O)O[C@H](COC(=O)CCCCCCCCCCCCCCC)CO[C@@H]1O[C@H](CO)[C@H](O)C(O)C1O. The minimum Gasteiger partial charge on any atom is -0.462 e. The number of aliphatic hydroxyl groups excluding tert-OH is 4. The molecule has 10 heteroatoms. The Kier molecular flexibility index (Phi) is 32.2. The van der Waals surface area contributed by atoms with E-state index >= 15 is 0 Å². The third-order valence-electron chi connectivity index (χ3n) is 9.92. The Balaban J connectivity index is 2.37. The highest BCUT2D eigenvalue weighted by Gasteiger charge is 2.44. The van der Waals surface area contributed by atoms with Crippen molar-refractivity contribution in [3.63, 3.8) is 0 Å². The number of carbonyl (C=O) groups excluding carboxylic acids is 2. The fourth-order valence-electron chi connectivity index (χ4n) is 6.46. The third-order valence-corrected chi connectivity index (χ3v) is 9.92. The van der Waals surface area contributed by atoms with Gasteiger partial charge in [-0.3, -0.25) is 9.59 Å². The van der Waals surface area contributed by atoms with Crippen LogP contribution < -0.4 is 0 Å². The van der Waals surface area contributed by atoms with Crippen molar-refractivity contribution >= 4 is 11.9 Å². The number of esters is 2. The summed E-state index contributed by atoms with van der Waals surface area (Å²) >= 11 is 0. The molecule has 310 valence electrons. The highest BCUT2D eigenvalue weighted by molar-refractivity contribution is 5.70. The zero-order valence-corrected chi connectivity index (χ0v) is 33.6. The Morgan fingerprint density at radius 2 is 1.06 bits per heavy atom. The molecule has 0 radical (unpaired) electrons. The van der Waals surface area contributed by atoms with Gasteiger partial charge in [-0.2, -0.15) is 0 Å². The first-order chi connectivity index (χ1) is 25.8. The summed E-state index contributed by atoms with van der Waals surface area (Å²) in [6.07, 6.45) is 25.6. The quantitative estimate of drug-likeness (QED) is 0.0281. The van der Waals surface area contributed by atoms with Gasteiger partial charge in [0.15, 0.2) is 12.4 Å². The topological polar surface area (TPSA) is 152 Å². The van der Waals surface area contributed by atoms with Crippen LogP contribution in [0.2, 0.25) is 0 Å². The van der Waals surface area contributed by atoms with Gasteiger partial charge in [0.25, 0.3) is 0 Å². The van der Waals surface area contributed by atoms with Crippen molar-refractivity contribution in [3.05, 3.63) is 17.9 Å². The number of unbranched alkanes of at least 4 members (excludes halogenated alkanes) is 22. The minimum absolute atomic E-state index is 0.213. The monoisotopic (exact) mass is 755 g/mol. The lowest BCUT2D eigenvalue weighted by Gasteiger charge is -2.39. The normalized spacial score (nSPS) is 20.5. The highest BCUT2D eigenvalue weighted by Crippen LogP contribution is 2.22. The van der Waals surface area contributed by atoms with Crippen LogP contribution >= 0.6 is 0 Å². The smallest absolute Gasteiger partial charge is 0.306 e. The summed E-state index contributed by atoms with van der Waals surface area (Å²) in [7, 11) is 0. The summed E-state index contributed by atoms with van der Waals surface area (Å²) < 4.78 is 22.1. The molecule has 0 amide bonds. The van der Waals surface area contributed by atoms with Crippen LogP contribution in [0, 0.1) is 0 Å². The number of carbonyl (C=O) groups is 2. The van der Waals surface area contributed by atoms with Crippen LogP contribution in [0.5, 0.6) is 0 Å². The van der Waals surface area contributed by atoms with E-state index in [0.29, 0.717) is 6.42 Å². The average Bonchev–Trinajstić information content (AvgIpc) is 3.15. The molecule has 1 rings (SSSR count). The van der Waals surface area contributed by atoms with Crippen molar-refractivity contribution in [1.29, 1.82) is 0 Å². The Labute approximate surface area is 322 Å². The second-order valence-electron chi connectivity index (χ2n) is 14.9. The summed E-state index contributed by atoms with van der Waals surface area (Å²) in [6.45, 7) is 3.39. The molecule has 1 heterocycles. The Morgan fingerprint density at radius 1 is 0.604 bits per heavy atom. The Morgan fingerprint density at radius 3 is 1.55 bits per heavy atom. The molecule has 2 unspecified atom stereocenters. The molecule has 4 N–H and O–H groups in total. The van der Waals surface area contributed by atoms with Gasteiger partial charge in [0, 0.05) is 12.8 Å². The first-order valence-corrected chi connectivity index (χ1v) is 21.5. The summed E-state index contributed by atoms with van der Waals surface area (Å²) in [6, 6.07) is 0. The van der Waals surface area contributed by atoms with Crippen molar-refractivity contribution in [2.75, 3.05) is 19.8 Å². The van der Waals surface area contributed by atoms with E-state index in [1.807, 2.05) is 0 Å². The standard InChI is InChI=1S/C43H78O10/c1-3-5-7-9-11-13-15-17-18-20-22-24-26-28-30-32-39(46)52-36(35-51-43-42(49)41(48)40(47)37(33-44)53-43)34-50-38(45)31-29-27-25-23-21-19-16-14-12-10-8-6-4-2/h15,18,36-37,40-44,47-49H,3-14,16,19-35H2,1-2H3/t17?,36-,37-,40+,41?,42?,43-/m1/s1. The second kappa shape index (κ2) is 34.7. The summed E-state index contributed by atoms with van der Waals surface area (Å²) in [5.41, 5.74) is 3.29. The van der Waals surface area contributed by atoms with Gasteiger partial charge in [0.2, 0.25) is 0 Å². The largest absolute Gasteiger partial charge is 0.462 e. The maximum atomic E-state index is 12.7. The van der Waals surface area contributed by atoms with Crippen molar-refractivity contribution < 1.29 is 49.0 Å². The zero-order chi connectivity index (χ0) is 38.8. The predicted molar refractivity (Wildman–Crippen MR) is 209 cm³/mol. The molecule has 1 fully saturated rings. The predicted octanol–water partition coefficient (Wildman–Crippen LogP) is 8.54. The molecule has 53 heavy (non-hydrogen) atoms. The first-order valence-electron chi connectivity index (χ1n) is 21.5. The molecular formula is C43H78O10. The van der Waals surface area contributed by atoms with Crippen LogP contribution in [0.4, 0.5) is 0 Å². The Bertz CT molecular complexity index is 934. The molecule has 0 bridgehead atoms. The maximum absolute atomic E-state index is 12.7. The van der Waals surface area contributed by atoms with Crippen molar-refractivity contribution in [2.24, 2.45) is 0 Å². The van der Waals surface area contributed by atoms with Gasteiger partial charge < -0.3 is 39.4 Å². The molecule has 0 aliphatic carbocycles. The highest BCUT2D eigenvalue weighted by atomic mass is 16.7. The van der Waals surface area contributed by atoms with Crippen LogP contribution in [0.1, 0.15) is 187 Å². The van der Waals surface area contributed by atoms with Gasteiger partial charge in [-0.05, 0) is 50.7 Å². The van der Waals surface area contributed by atoms with E-state index in [1.165, 1.54) is 96.3 Å². The fourth-order valence-corrected chi connectivity index (χ4v) is 6.46. The number of hydrogen-bond acceptors (Lipinski definition) is 10. The molecule has 10 nitrogen and oxygen atoms in total. The van der Waals surface area contributed by atoms with E-state index in [1.54, 1.807) is 0 Å². The van der Waals surface area contributed by atoms with Gasteiger partial charge in [0.1, 0.15) is 31.0 Å². The van der Waals surface area contributed by atoms with Gasteiger partial charge in [-0.15, -0.1) is 5.73 Å².